The molecule has 2 rings (SSSR count). The van der Waals surface area contributed by atoms with Crippen molar-refractivity contribution in [2.75, 3.05) is 12.3 Å². The number of nitrogens with zero attached hydrogens (tertiary/aromatic N) is 2. The van der Waals surface area contributed by atoms with Gasteiger partial charge in [-0.3, -0.25) is 9.36 Å². The molecule has 3 N–H and O–H groups in total. The number of aliphatic hydroxyl groups excluding tert-OH is 1. The van der Waals surface area contributed by atoms with Crippen LogP contribution in [0.2, 0.25) is 0 Å². The molecule has 1 aromatic heterocycles. The van der Waals surface area contributed by atoms with E-state index in [4.69, 9.17) is 15.2 Å². The van der Waals surface area contributed by atoms with Crippen LogP contribution in [0.3, 0.4) is 0 Å². The summed E-state index contributed by atoms with van der Waals surface area (Å²) in [5.74, 6) is -1.91. The second kappa shape index (κ2) is 5.41. The Morgan fingerprint density at radius 2 is 2.43 bits per heavy atom. The lowest BCUT2D eigenvalue weighted by Crippen LogP contribution is -2.42. The maximum absolute atomic E-state index is 13.5. The van der Waals surface area contributed by atoms with Crippen LogP contribution in [0, 0.1) is 5.82 Å². The normalized spacial score (nSPS) is 28.6. The molecule has 1 fully saturated rings. The molecule has 0 saturated carbocycles. The highest BCUT2D eigenvalue weighted by molar-refractivity contribution is 5.66. The van der Waals surface area contributed by atoms with Crippen LogP contribution in [0.4, 0.5) is 10.2 Å². The highest BCUT2D eigenvalue weighted by atomic mass is 19.1. The van der Waals surface area contributed by atoms with E-state index in [2.05, 4.69) is 4.98 Å². The zero-order valence-electron chi connectivity index (χ0n) is 11.6. The van der Waals surface area contributed by atoms with Crippen molar-refractivity contribution in [2.24, 2.45) is 0 Å². The monoisotopic (exact) mass is 301 g/mol. The highest BCUT2D eigenvalue weighted by Gasteiger charge is 2.48. The smallest absolute Gasteiger partial charge is 0.351 e. The van der Waals surface area contributed by atoms with Crippen LogP contribution in [-0.4, -0.2) is 38.9 Å². The predicted octanol–water partition coefficient (Wildman–Crippen LogP) is -0.434. The van der Waals surface area contributed by atoms with E-state index in [0.717, 1.165) is 10.8 Å². The van der Waals surface area contributed by atoms with Crippen LogP contribution in [0.15, 0.2) is 11.0 Å². The molecular formula is C12H16FN3O5. The molecule has 21 heavy (non-hydrogen) atoms. The number of nitrogen functional groups attached to an aromatic ring is 1. The van der Waals surface area contributed by atoms with E-state index >= 15 is 0 Å². The van der Waals surface area contributed by atoms with Crippen molar-refractivity contribution in [3.8, 4) is 0 Å². The first-order valence-electron chi connectivity index (χ1n) is 6.27. The van der Waals surface area contributed by atoms with Crippen LogP contribution in [-0.2, 0) is 14.3 Å². The number of hydrogen-bond acceptors (Lipinski definition) is 7. The molecule has 116 valence electrons. The summed E-state index contributed by atoms with van der Waals surface area (Å²) in [6.07, 6.45) is -0.718. The summed E-state index contributed by atoms with van der Waals surface area (Å²) in [5, 5.41) is 9.43. The van der Waals surface area contributed by atoms with Crippen LogP contribution in [0.25, 0.3) is 0 Å². The first kappa shape index (κ1) is 15.4. The topological polar surface area (TPSA) is 117 Å². The number of aliphatic hydroxyl groups is 1. The molecule has 0 spiro atoms. The van der Waals surface area contributed by atoms with Crippen molar-refractivity contribution in [3.05, 3.63) is 22.5 Å². The molecule has 1 aromatic rings. The molecule has 1 saturated heterocycles. The maximum atomic E-state index is 13.5. The lowest BCUT2D eigenvalue weighted by atomic mass is 10.0. The molecule has 0 radical (unpaired) electrons. The molecule has 0 bridgehead atoms. The molecular weight excluding hydrogens is 285 g/mol. The van der Waals surface area contributed by atoms with Crippen molar-refractivity contribution >= 4 is 11.8 Å². The fourth-order valence-electron chi connectivity index (χ4n) is 2.21. The number of rotatable bonds is 3. The summed E-state index contributed by atoms with van der Waals surface area (Å²) < 4.78 is 25.0. The van der Waals surface area contributed by atoms with Gasteiger partial charge in [0.25, 0.3) is 0 Å². The minimum absolute atomic E-state index is 0.0849. The van der Waals surface area contributed by atoms with E-state index in [1.54, 1.807) is 0 Å². The third-order valence-electron chi connectivity index (χ3n) is 3.37. The zero-order chi connectivity index (χ0) is 15.8. The van der Waals surface area contributed by atoms with Crippen LogP contribution >= 0.6 is 0 Å². The summed E-state index contributed by atoms with van der Waals surface area (Å²) in [6.45, 7) is 2.33. The molecule has 2 heterocycles. The van der Waals surface area contributed by atoms with Gasteiger partial charge in [0.2, 0.25) is 0 Å². The molecule has 8 nitrogen and oxygen atoms in total. The maximum Gasteiger partial charge on any atom is 0.351 e. The van der Waals surface area contributed by atoms with E-state index in [9.17, 15) is 19.1 Å². The molecule has 1 aliphatic heterocycles. The minimum atomic E-state index is -1.19. The fraction of sp³-hybridized carbons (Fsp3) is 0.583. The number of aromatic nitrogens is 2. The Morgan fingerprint density at radius 1 is 1.76 bits per heavy atom. The first-order valence-corrected chi connectivity index (χ1v) is 6.27. The van der Waals surface area contributed by atoms with Gasteiger partial charge in [-0.1, -0.05) is 0 Å². The first-order chi connectivity index (χ1) is 9.76. The van der Waals surface area contributed by atoms with Crippen molar-refractivity contribution in [2.45, 2.75) is 38.2 Å². The Balaban J connectivity index is 2.33. The summed E-state index contributed by atoms with van der Waals surface area (Å²) >= 11 is 0. The van der Waals surface area contributed by atoms with Crippen LogP contribution < -0.4 is 11.4 Å². The zero-order valence-corrected chi connectivity index (χ0v) is 11.6. The number of esters is 1. The number of hydrogen-bond donors (Lipinski definition) is 2. The number of ether oxygens (including phenoxy) is 2. The summed E-state index contributed by atoms with van der Waals surface area (Å²) in [5.41, 5.74) is 3.24. The Hall–Kier alpha value is -2.00. The lowest BCUT2D eigenvalue weighted by molar-refractivity contribution is -0.162. The van der Waals surface area contributed by atoms with Gasteiger partial charge in [-0.2, -0.15) is 4.98 Å². The van der Waals surface area contributed by atoms with Gasteiger partial charge in [-0.05, 0) is 6.92 Å². The van der Waals surface area contributed by atoms with Gasteiger partial charge in [-0.25, -0.2) is 9.18 Å². The Kier molecular flexibility index (Phi) is 3.97. The van der Waals surface area contributed by atoms with Gasteiger partial charge in [-0.15, -0.1) is 0 Å². The second-order valence-corrected chi connectivity index (χ2v) is 5.04. The molecule has 0 aliphatic carbocycles. The standard InChI is InChI=1S/C12H16FN3O5/c1-6(18)20-8-3-9(21-12(8,2)5-17)16-4-7(13)10(14)15-11(16)19/h4,8-9,17H,3,5H2,1-2H3,(H2,14,15,19)/t8-,9+,12+/m0/s1. The van der Waals surface area contributed by atoms with E-state index in [1.807, 2.05) is 0 Å². The average molecular weight is 301 g/mol. The predicted molar refractivity (Wildman–Crippen MR) is 68.7 cm³/mol. The van der Waals surface area contributed by atoms with Gasteiger partial charge in [0, 0.05) is 13.3 Å². The third-order valence-corrected chi connectivity index (χ3v) is 3.37. The van der Waals surface area contributed by atoms with E-state index in [1.165, 1.54) is 13.8 Å². The third kappa shape index (κ3) is 2.88. The Morgan fingerprint density at radius 3 is 3.00 bits per heavy atom. The summed E-state index contributed by atoms with van der Waals surface area (Å²) in [4.78, 5) is 26.2. The quantitative estimate of drug-likeness (QED) is 0.727. The average Bonchev–Trinajstić information content (AvgIpc) is 2.71. The molecule has 0 unspecified atom stereocenters. The number of carbonyl (C=O) groups is 1. The molecule has 0 aromatic carbocycles. The SMILES string of the molecule is CC(=O)O[C@H]1C[C@H](n2cc(F)c(N)nc2=O)O[C@]1(C)CO. The van der Waals surface area contributed by atoms with E-state index in [-0.39, 0.29) is 6.42 Å². The van der Waals surface area contributed by atoms with Crippen molar-refractivity contribution in [3.63, 3.8) is 0 Å². The van der Waals surface area contributed by atoms with Crippen molar-refractivity contribution < 1.29 is 23.8 Å². The number of halogens is 1. The lowest BCUT2D eigenvalue weighted by Gasteiger charge is -2.27. The largest absolute Gasteiger partial charge is 0.459 e. The highest BCUT2D eigenvalue weighted by Crippen LogP contribution is 2.37. The summed E-state index contributed by atoms with van der Waals surface area (Å²) in [6, 6.07) is 0. The Labute approximate surface area is 119 Å². The number of anilines is 1. The van der Waals surface area contributed by atoms with Gasteiger partial charge >= 0.3 is 11.7 Å². The molecule has 9 heteroatoms. The molecule has 1 aliphatic rings. The van der Waals surface area contributed by atoms with Gasteiger partial charge < -0.3 is 20.3 Å². The van der Waals surface area contributed by atoms with Gasteiger partial charge in [0.15, 0.2) is 11.6 Å². The van der Waals surface area contributed by atoms with Gasteiger partial charge in [0.05, 0.1) is 12.8 Å². The van der Waals surface area contributed by atoms with Crippen LogP contribution in [0.5, 0.6) is 0 Å². The van der Waals surface area contributed by atoms with Crippen molar-refractivity contribution in [1.82, 2.24) is 9.55 Å². The van der Waals surface area contributed by atoms with Crippen LogP contribution in [0.1, 0.15) is 26.5 Å². The number of nitrogens with two attached hydrogens (primary N) is 1. The number of carbonyl (C=O) groups excluding carboxylic acids is 1. The van der Waals surface area contributed by atoms with Crippen molar-refractivity contribution in [1.29, 1.82) is 0 Å². The molecule has 3 atom stereocenters. The second-order valence-electron chi connectivity index (χ2n) is 5.04. The Bertz CT molecular complexity index is 619. The fourth-order valence-corrected chi connectivity index (χ4v) is 2.21. The van der Waals surface area contributed by atoms with E-state index < -0.39 is 47.8 Å². The minimum Gasteiger partial charge on any atom is -0.459 e. The molecule has 0 amide bonds. The summed E-state index contributed by atoms with van der Waals surface area (Å²) in [7, 11) is 0. The van der Waals surface area contributed by atoms with Gasteiger partial charge in [0.1, 0.15) is 17.9 Å². The van der Waals surface area contributed by atoms with E-state index in [0.29, 0.717) is 0 Å².